The van der Waals surface area contributed by atoms with E-state index in [4.69, 9.17) is 0 Å². The molecule has 0 aliphatic heterocycles. The lowest BCUT2D eigenvalue weighted by molar-refractivity contribution is -0.865. The highest BCUT2D eigenvalue weighted by molar-refractivity contribution is 5.84. The van der Waals surface area contributed by atoms with Crippen LogP contribution in [0.1, 0.15) is 20.3 Å². The van der Waals surface area contributed by atoms with Crippen molar-refractivity contribution in [1.29, 1.82) is 0 Å². The second-order valence-corrected chi connectivity index (χ2v) is 5.74. The molecule has 0 heterocycles. The van der Waals surface area contributed by atoms with Gasteiger partial charge in [-0.3, -0.25) is 4.79 Å². The highest BCUT2D eigenvalue weighted by Gasteiger charge is 2.28. The normalized spacial score (nSPS) is 26.3. The second-order valence-electron chi connectivity index (χ2n) is 5.74. The molecule has 0 spiro atoms. The molecule has 2 nitrogen and oxygen atoms in total. The Hall–Kier alpha value is -0.890. The van der Waals surface area contributed by atoms with E-state index in [2.05, 4.69) is 39.4 Å². The van der Waals surface area contributed by atoms with Crippen LogP contribution in [-0.4, -0.2) is 38.0 Å². The first-order valence-corrected chi connectivity index (χ1v) is 5.43. The van der Waals surface area contributed by atoms with Gasteiger partial charge >= 0.3 is 0 Å². The minimum absolute atomic E-state index is 0.249. The van der Waals surface area contributed by atoms with Gasteiger partial charge in [0.2, 0.25) is 0 Å². The standard InChI is InChI=1S/C13H22NO/c1-11(15)13(2)8-6-12(7-9-13)10-14(3,4)5/h6-8H,9-10H2,1-5H3/q+1. The summed E-state index contributed by atoms with van der Waals surface area (Å²) in [5.41, 5.74) is 1.07. The van der Waals surface area contributed by atoms with Crippen molar-refractivity contribution in [2.45, 2.75) is 20.3 Å². The van der Waals surface area contributed by atoms with Crippen LogP contribution in [-0.2, 0) is 4.79 Å². The fraction of sp³-hybridized carbons (Fsp3) is 0.615. The van der Waals surface area contributed by atoms with Gasteiger partial charge < -0.3 is 4.48 Å². The molecule has 0 fully saturated rings. The Balaban J connectivity index is 2.70. The van der Waals surface area contributed by atoms with Gasteiger partial charge in [-0.2, -0.15) is 0 Å². The molecule has 84 valence electrons. The summed E-state index contributed by atoms with van der Waals surface area (Å²) in [7, 11) is 6.52. The third-order valence-corrected chi connectivity index (χ3v) is 2.91. The summed E-state index contributed by atoms with van der Waals surface area (Å²) in [4.78, 5) is 11.4. The maximum absolute atomic E-state index is 11.4. The summed E-state index contributed by atoms with van der Waals surface area (Å²) in [5.74, 6) is 0.249. The fourth-order valence-electron chi connectivity index (χ4n) is 1.70. The first-order valence-electron chi connectivity index (χ1n) is 5.43. The number of ketones is 1. The first-order chi connectivity index (χ1) is 6.73. The number of hydrogen-bond acceptors (Lipinski definition) is 1. The van der Waals surface area contributed by atoms with Gasteiger partial charge in [0.15, 0.2) is 0 Å². The van der Waals surface area contributed by atoms with Crippen LogP contribution in [0.2, 0.25) is 0 Å². The van der Waals surface area contributed by atoms with Gasteiger partial charge in [-0.15, -0.1) is 0 Å². The van der Waals surface area contributed by atoms with Crippen LogP contribution in [0.5, 0.6) is 0 Å². The summed E-state index contributed by atoms with van der Waals surface area (Å²) >= 11 is 0. The Kier molecular flexibility index (Phi) is 3.19. The molecule has 0 aromatic heterocycles. The van der Waals surface area contributed by atoms with Crippen molar-refractivity contribution in [2.24, 2.45) is 5.41 Å². The molecule has 0 amide bonds. The van der Waals surface area contributed by atoms with E-state index in [1.54, 1.807) is 6.92 Å². The second kappa shape index (κ2) is 3.93. The Morgan fingerprint density at radius 1 is 1.47 bits per heavy atom. The van der Waals surface area contributed by atoms with E-state index < -0.39 is 0 Å². The number of allylic oxidation sites excluding steroid dienone is 2. The number of hydrogen-bond donors (Lipinski definition) is 0. The van der Waals surface area contributed by atoms with E-state index in [9.17, 15) is 4.79 Å². The summed E-state index contributed by atoms with van der Waals surface area (Å²) in [5, 5.41) is 0. The van der Waals surface area contributed by atoms with Crippen LogP contribution in [0.4, 0.5) is 0 Å². The van der Waals surface area contributed by atoms with Crippen LogP contribution in [0.15, 0.2) is 23.8 Å². The van der Waals surface area contributed by atoms with Gasteiger partial charge in [0.1, 0.15) is 12.3 Å². The number of rotatable bonds is 3. The minimum Gasteiger partial charge on any atom is -0.327 e. The number of likely N-dealkylation sites (N-methyl/N-ethyl adjacent to an activating group) is 1. The molecule has 0 N–H and O–H groups in total. The van der Waals surface area contributed by atoms with Gasteiger partial charge in [-0.25, -0.2) is 0 Å². The molecule has 0 radical (unpaired) electrons. The molecule has 1 rings (SSSR count). The highest BCUT2D eigenvalue weighted by Crippen LogP contribution is 2.30. The third kappa shape index (κ3) is 3.31. The highest BCUT2D eigenvalue weighted by atomic mass is 16.1. The van der Waals surface area contributed by atoms with Crippen molar-refractivity contribution in [3.63, 3.8) is 0 Å². The molecule has 2 heteroatoms. The van der Waals surface area contributed by atoms with Crippen LogP contribution >= 0.6 is 0 Å². The molecule has 1 aliphatic rings. The van der Waals surface area contributed by atoms with E-state index >= 15 is 0 Å². The van der Waals surface area contributed by atoms with E-state index in [0.29, 0.717) is 0 Å². The summed E-state index contributed by atoms with van der Waals surface area (Å²) < 4.78 is 0.924. The van der Waals surface area contributed by atoms with Crippen molar-refractivity contribution in [3.8, 4) is 0 Å². The van der Waals surface area contributed by atoms with Gasteiger partial charge in [0.05, 0.1) is 21.1 Å². The van der Waals surface area contributed by atoms with Gasteiger partial charge in [-0.05, 0) is 20.3 Å². The molecule has 0 saturated heterocycles. The molecule has 0 aromatic rings. The molecule has 1 unspecified atom stereocenters. The number of quaternary nitrogens is 1. The summed E-state index contributed by atoms with van der Waals surface area (Å²) in [6.45, 7) is 4.69. The average Bonchev–Trinajstić information content (AvgIpc) is 2.07. The monoisotopic (exact) mass is 208 g/mol. The number of Topliss-reactive ketones (excluding diaryl/α,β-unsaturated/α-hetero) is 1. The number of nitrogens with zero attached hydrogens (tertiary/aromatic N) is 1. The van der Waals surface area contributed by atoms with Crippen molar-refractivity contribution < 1.29 is 9.28 Å². The topological polar surface area (TPSA) is 17.1 Å². The van der Waals surface area contributed by atoms with Crippen molar-refractivity contribution >= 4 is 5.78 Å². The molecule has 1 aliphatic carbocycles. The zero-order valence-electron chi connectivity index (χ0n) is 10.5. The van der Waals surface area contributed by atoms with E-state index in [1.807, 2.05) is 6.92 Å². The van der Waals surface area contributed by atoms with Crippen LogP contribution in [0, 0.1) is 5.41 Å². The van der Waals surface area contributed by atoms with Crippen LogP contribution in [0.25, 0.3) is 0 Å². The largest absolute Gasteiger partial charge is 0.327 e. The number of carbonyl (C=O) groups excluding carboxylic acids is 1. The third-order valence-electron chi connectivity index (χ3n) is 2.91. The van der Waals surface area contributed by atoms with E-state index in [1.165, 1.54) is 5.57 Å². The van der Waals surface area contributed by atoms with Crippen molar-refractivity contribution in [3.05, 3.63) is 23.8 Å². The van der Waals surface area contributed by atoms with Gasteiger partial charge in [0.25, 0.3) is 0 Å². The zero-order valence-corrected chi connectivity index (χ0v) is 10.5. The Labute approximate surface area is 92.9 Å². The molecular weight excluding hydrogens is 186 g/mol. The van der Waals surface area contributed by atoms with Crippen molar-refractivity contribution in [1.82, 2.24) is 0 Å². The Morgan fingerprint density at radius 3 is 2.40 bits per heavy atom. The van der Waals surface area contributed by atoms with Gasteiger partial charge in [-0.1, -0.05) is 18.2 Å². The Bertz CT molecular complexity index is 320. The maximum atomic E-state index is 11.4. The van der Waals surface area contributed by atoms with E-state index in [0.717, 1.165) is 17.4 Å². The molecular formula is C13H22NO+. The van der Waals surface area contributed by atoms with Crippen molar-refractivity contribution in [2.75, 3.05) is 27.7 Å². The molecule has 0 bridgehead atoms. The lowest BCUT2D eigenvalue weighted by atomic mass is 9.79. The zero-order chi connectivity index (χ0) is 11.7. The predicted molar refractivity (Wildman–Crippen MR) is 63.5 cm³/mol. The maximum Gasteiger partial charge on any atom is 0.139 e. The molecule has 1 atom stereocenters. The average molecular weight is 208 g/mol. The molecule has 15 heavy (non-hydrogen) atoms. The SMILES string of the molecule is CC(=O)C1(C)C=CC(C[N+](C)(C)C)=CC1. The lowest BCUT2D eigenvalue weighted by Gasteiger charge is -2.29. The lowest BCUT2D eigenvalue weighted by Crippen LogP contribution is -2.36. The van der Waals surface area contributed by atoms with Gasteiger partial charge in [0, 0.05) is 11.0 Å². The molecule has 0 saturated carbocycles. The predicted octanol–water partition coefficient (Wildman–Crippen LogP) is 2.17. The summed E-state index contributed by atoms with van der Waals surface area (Å²) in [6.07, 6.45) is 7.20. The number of carbonyl (C=O) groups is 1. The Morgan fingerprint density at radius 2 is 2.07 bits per heavy atom. The van der Waals surface area contributed by atoms with Crippen LogP contribution < -0.4 is 0 Å². The summed E-state index contributed by atoms with van der Waals surface area (Å²) in [6, 6.07) is 0. The van der Waals surface area contributed by atoms with E-state index in [-0.39, 0.29) is 11.2 Å². The van der Waals surface area contributed by atoms with Crippen LogP contribution in [0.3, 0.4) is 0 Å². The molecule has 0 aromatic carbocycles. The smallest absolute Gasteiger partial charge is 0.139 e. The fourth-order valence-corrected chi connectivity index (χ4v) is 1.70. The first kappa shape index (κ1) is 12.2. The minimum atomic E-state index is -0.269. The quantitative estimate of drug-likeness (QED) is 0.650.